The first-order chi connectivity index (χ1) is 7.81. The van der Waals surface area contributed by atoms with E-state index in [1.54, 1.807) is 0 Å². The SMILES string of the molecule is CNC(CC1CCCC1)c1ccccc1I. The summed E-state index contributed by atoms with van der Waals surface area (Å²) in [6, 6.07) is 9.27. The van der Waals surface area contributed by atoms with Crippen LogP contribution >= 0.6 is 22.6 Å². The molecule has 1 aliphatic rings. The maximum atomic E-state index is 3.48. The molecule has 0 saturated heterocycles. The van der Waals surface area contributed by atoms with Crippen LogP contribution in [-0.4, -0.2) is 7.05 Å². The van der Waals surface area contributed by atoms with Crippen molar-refractivity contribution >= 4 is 22.6 Å². The number of hydrogen-bond donors (Lipinski definition) is 1. The number of rotatable bonds is 4. The van der Waals surface area contributed by atoms with Crippen molar-refractivity contribution < 1.29 is 0 Å². The Morgan fingerprint density at radius 1 is 1.31 bits per heavy atom. The second-order valence-corrected chi connectivity index (χ2v) is 5.91. The fourth-order valence-electron chi connectivity index (χ4n) is 2.74. The maximum absolute atomic E-state index is 3.48. The van der Waals surface area contributed by atoms with Gasteiger partial charge in [0.15, 0.2) is 0 Å². The van der Waals surface area contributed by atoms with E-state index < -0.39 is 0 Å². The predicted molar refractivity (Wildman–Crippen MR) is 77.5 cm³/mol. The quantitative estimate of drug-likeness (QED) is 0.819. The van der Waals surface area contributed by atoms with Gasteiger partial charge in [-0.2, -0.15) is 0 Å². The monoisotopic (exact) mass is 329 g/mol. The van der Waals surface area contributed by atoms with E-state index in [9.17, 15) is 0 Å². The van der Waals surface area contributed by atoms with Crippen molar-refractivity contribution in [3.63, 3.8) is 0 Å². The van der Waals surface area contributed by atoms with E-state index >= 15 is 0 Å². The van der Waals surface area contributed by atoms with Crippen molar-refractivity contribution in [3.8, 4) is 0 Å². The Hall–Kier alpha value is -0.0900. The van der Waals surface area contributed by atoms with Crippen LogP contribution < -0.4 is 5.32 Å². The molecule has 1 unspecified atom stereocenters. The van der Waals surface area contributed by atoms with Crippen LogP contribution in [0.5, 0.6) is 0 Å². The zero-order valence-electron chi connectivity index (χ0n) is 9.88. The van der Waals surface area contributed by atoms with Crippen molar-refractivity contribution in [2.24, 2.45) is 5.92 Å². The van der Waals surface area contributed by atoms with E-state index in [4.69, 9.17) is 0 Å². The molecule has 1 saturated carbocycles. The van der Waals surface area contributed by atoms with Crippen molar-refractivity contribution in [1.82, 2.24) is 5.32 Å². The Morgan fingerprint density at radius 2 is 2.00 bits per heavy atom. The van der Waals surface area contributed by atoms with E-state index in [1.807, 2.05) is 0 Å². The van der Waals surface area contributed by atoms with Crippen LogP contribution in [0.25, 0.3) is 0 Å². The molecule has 88 valence electrons. The molecule has 1 aromatic rings. The molecular weight excluding hydrogens is 309 g/mol. The molecule has 1 fully saturated rings. The second-order valence-electron chi connectivity index (χ2n) is 4.75. The first kappa shape index (κ1) is 12.4. The van der Waals surface area contributed by atoms with Crippen LogP contribution in [0, 0.1) is 9.49 Å². The number of hydrogen-bond acceptors (Lipinski definition) is 1. The Kier molecular flexibility index (Phi) is 4.65. The molecule has 1 aliphatic carbocycles. The van der Waals surface area contributed by atoms with Crippen LogP contribution in [0.4, 0.5) is 0 Å². The summed E-state index contributed by atoms with van der Waals surface area (Å²) >= 11 is 2.45. The first-order valence-electron chi connectivity index (χ1n) is 6.23. The van der Waals surface area contributed by atoms with Crippen LogP contribution in [0.15, 0.2) is 24.3 Å². The van der Waals surface area contributed by atoms with Crippen LogP contribution in [0.1, 0.15) is 43.7 Å². The molecule has 1 aromatic carbocycles. The molecule has 0 heterocycles. The lowest BCUT2D eigenvalue weighted by Crippen LogP contribution is -2.20. The molecule has 2 rings (SSSR count). The van der Waals surface area contributed by atoms with E-state index in [2.05, 4.69) is 59.2 Å². The van der Waals surface area contributed by atoms with Gasteiger partial charge in [0.2, 0.25) is 0 Å². The average Bonchev–Trinajstić information content (AvgIpc) is 2.80. The average molecular weight is 329 g/mol. The van der Waals surface area contributed by atoms with Gasteiger partial charge in [-0.1, -0.05) is 43.9 Å². The minimum Gasteiger partial charge on any atom is -0.313 e. The summed E-state index contributed by atoms with van der Waals surface area (Å²) in [6.45, 7) is 0. The van der Waals surface area contributed by atoms with Crippen molar-refractivity contribution in [2.45, 2.75) is 38.1 Å². The molecule has 0 radical (unpaired) electrons. The molecule has 0 aliphatic heterocycles. The van der Waals surface area contributed by atoms with Crippen molar-refractivity contribution in [3.05, 3.63) is 33.4 Å². The van der Waals surface area contributed by atoms with Gasteiger partial charge in [-0.05, 0) is 53.6 Å². The smallest absolute Gasteiger partial charge is 0.0330 e. The molecule has 1 N–H and O–H groups in total. The Bertz CT molecular complexity index is 331. The third-order valence-corrected chi connectivity index (χ3v) is 4.66. The standard InChI is InChI=1S/C14H20IN/c1-16-14(10-11-6-2-3-7-11)12-8-4-5-9-13(12)15/h4-5,8-9,11,14,16H,2-3,6-7,10H2,1H3. The highest BCUT2D eigenvalue weighted by atomic mass is 127. The van der Waals surface area contributed by atoms with Crippen LogP contribution in [0.2, 0.25) is 0 Å². The molecule has 0 amide bonds. The summed E-state index contributed by atoms with van der Waals surface area (Å²) in [7, 11) is 2.09. The highest BCUT2D eigenvalue weighted by molar-refractivity contribution is 14.1. The lowest BCUT2D eigenvalue weighted by Gasteiger charge is -2.21. The number of benzene rings is 1. The summed E-state index contributed by atoms with van der Waals surface area (Å²) in [5.41, 5.74) is 1.47. The molecular formula is C14H20IN. The third kappa shape index (κ3) is 2.98. The fraction of sp³-hybridized carbons (Fsp3) is 0.571. The third-order valence-electron chi connectivity index (χ3n) is 3.67. The topological polar surface area (TPSA) is 12.0 Å². The van der Waals surface area contributed by atoms with Gasteiger partial charge in [-0.15, -0.1) is 0 Å². The zero-order valence-corrected chi connectivity index (χ0v) is 12.0. The van der Waals surface area contributed by atoms with E-state index in [-0.39, 0.29) is 0 Å². The van der Waals surface area contributed by atoms with Gasteiger partial charge in [-0.3, -0.25) is 0 Å². The number of halogens is 1. The molecule has 0 bridgehead atoms. The summed E-state index contributed by atoms with van der Waals surface area (Å²) < 4.78 is 1.39. The largest absolute Gasteiger partial charge is 0.313 e. The predicted octanol–water partition coefficient (Wildman–Crippen LogP) is 4.13. The van der Waals surface area contributed by atoms with Crippen molar-refractivity contribution in [1.29, 1.82) is 0 Å². The molecule has 0 spiro atoms. The first-order valence-corrected chi connectivity index (χ1v) is 7.31. The molecule has 2 heteroatoms. The summed E-state index contributed by atoms with van der Waals surface area (Å²) in [5.74, 6) is 0.938. The summed E-state index contributed by atoms with van der Waals surface area (Å²) in [6.07, 6.45) is 7.04. The van der Waals surface area contributed by atoms with Gasteiger partial charge < -0.3 is 5.32 Å². The highest BCUT2D eigenvalue weighted by Crippen LogP contribution is 2.33. The van der Waals surface area contributed by atoms with Gasteiger partial charge in [-0.25, -0.2) is 0 Å². The van der Waals surface area contributed by atoms with Gasteiger partial charge in [0.05, 0.1) is 0 Å². The van der Waals surface area contributed by atoms with Gasteiger partial charge in [0.25, 0.3) is 0 Å². The zero-order chi connectivity index (χ0) is 11.4. The van der Waals surface area contributed by atoms with Crippen molar-refractivity contribution in [2.75, 3.05) is 7.05 Å². The molecule has 16 heavy (non-hydrogen) atoms. The Balaban J connectivity index is 2.06. The molecule has 0 aromatic heterocycles. The maximum Gasteiger partial charge on any atom is 0.0330 e. The Labute approximate surface area is 112 Å². The minimum absolute atomic E-state index is 0.538. The van der Waals surface area contributed by atoms with E-state index in [0.29, 0.717) is 6.04 Å². The normalized spacial score (nSPS) is 18.9. The lowest BCUT2D eigenvalue weighted by molar-refractivity contribution is 0.412. The summed E-state index contributed by atoms with van der Waals surface area (Å²) in [5, 5.41) is 3.48. The van der Waals surface area contributed by atoms with Gasteiger partial charge in [0, 0.05) is 9.61 Å². The van der Waals surface area contributed by atoms with E-state index in [1.165, 1.54) is 41.2 Å². The molecule has 1 atom stereocenters. The number of nitrogens with one attached hydrogen (secondary N) is 1. The lowest BCUT2D eigenvalue weighted by atomic mass is 9.94. The second kappa shape index (κ2) is 6.01. The minimum atomic E-state index is 0.538. The van der Waals surface area contributed by atoms with Crippen LogP contribution in [-0.2, 0) is 0 Å². The van der Waals surface area contributed by atoms with E-state index in [0.717, 1.165) is 5.92 Å². The highest BCUT2D eigenvalue weighted by Gasteiger charge is 2.21. The van der Waals surface area contributed by atoms with Gasteiger partial charge >= 0.3 is 0 Å². The van der Waals surface area contributed by atoms with Crippen LogP contribution in [0.3, 0.4) is 0 Å². The Morgan fingerprint density at radius 3 is 2.62 bits per heavy atom. The summed E-state index contributed by atoms with van der Waals surface area (Å²) in [4.78, 5) is 0. The molecule has 1 nitrogen and oxygen atoms in total. The fourth-order valence-corrected chi connectivity index (χ4v) is 3.50. The van der Waals surface area contributed by atoms with Gasteiger partial charge in [0.1, 0.15) is 0 Å².